The zero-order valence-corrected chi connectivity index (χ0v) is 11.0. The lowest BCUT2D eigenvalue weighted by atomic mass is 10.3. The third kappa shape index (κ3) is 4.28. The fourth-order valence-electron chi connectivity index (χ4n) is 0.992. The van der Waals surface area contributed by atoms with Crippen LogP contribution in [0.1, 0.15) is 13.8 Å². The zero-order valence-electron chi connectivity index (χ0n) is 8.57. The smallest absolute Gasteiger partial charge is 0.357 e. The molecular weight excluding hydrogens is 301 g/mol. The Morgan fingerprint density at radius 1 is 1.44 bits per heavy atom. The second-order valence-corrected chi connectivity index (χ2v) is 4.96. The highest BCUT2D eigenvalue weighted by Gasteiger charge is 2.12. The predicted molar refractivity (Wildman–Crippen MR) is 63.2 cm³/mol. The molecule has 7 heteroatoms. The lowest BCUT2D eigenvalue weighted by Crippen LogP contribution is -2.01. The first kappa shape index (κ1) is 13.1. The van der Waals surface area contributed by atoms with E-state index in [-0.39, 0.29) is 5.75 Å². The van der Waals surface area contributed by atoms with E-state index in [1.807, 2.05) is 13.8 Å². The zero-order chi connectivity index (χ0) is 12.3. The average Bonchev–Trinajstić information content (AvgIpc) is 2.06. The van der Waals surface area contributed by atoms with Gasteiger partial charge in [-0.25, -0.2) is 0 Å². The number of hydrogen-bond acceptors (Lipinski definition) is 4. The maximum absolute atomic E-state index is 12.3. The first-order chi connectivity index (χ1) is 7.28. The molecular formula is C9H9BrFNO3S. The largest absolute Gasteiger partial charge is 0.488 e. The number of hydrogen-bond donors (Lipinski definition) is 0. The molecule has 0 amide bonds. The van der Waals surface area contributed by atoms with Crippen LogP contribution >= 0.6 is 15.9 Å². The van der Waals surface area contributed by atoms with Crippen LogP contribution < -0.4 is 4.18 Å². The van der Waals surface area contributed by atoms with E-state index in [1.54, 1.807) is 0 Å². The SMILES string of the molecule is CC(C)=Nc1ccc(OS(=O)(=O)F)c(Br)c1. The molecule has 0 heterocycles. The molecule has 0 saturated heterocycles. The topological polar surface area (TPSA) is 55.7 Å². The summed E-state index contributed by atoms with van der Waals surface area (Å²) in [6, 6.07) is 4.38. The van der Waals surface area contributed by atoms with Crippen LogP contribution in [0.25, 0.3) is 0 Å². The molecule has 0 unspecified atom stereocenters. The van der Waals surface area contributed by atoms with E-state index < -0.39 is 10.5 Å². The van der Waals surface area contributed by atoms with Crippen LogP contribution in [-0.4, -0.2) is 14.1 Å². The second kappa shape index (κ2) is 4.92. The quantitative estimate of drug-likeness (QED) is 0.636. The molecule has 1 rings (SSSR count). The van der Waals surface area contributed by atoms with E-state index in [0.717, 1.165) is 5.71 Å². The Hall–Kier alpha value is -0.950. The Bertz CT molecular complexity index is 524. The van der Waals surface area contributed by atoms with Gasteiger partial charge in [0.15, 0.2) is 5.75 Å². The molecule has 0 aliphatic carbocycles. The molecule has 0 saturated carbocycles. The molecule has 0 fully saturated rings. The summed E-state index contributed by atoms with van der Waals surface area (Å²) in [6.07, 6.45) is 0. The Morgan fingerprint density at radius 2 is 2.06 bits per heavy atom. The first-order valence-electron chi connectivity index (χ1n) is 4.23. The molecule has 1 aromatic rings. The van der Waals surface area contributed by atoms with Crippen molar-refractivity contribution < 1.29 is 16.5 Å². The van der Waals surface area contributed by atoms with Gasteiger partial charge in [-0.2, -0.15) is 8.42 Å². The molecule has 0 atom stereocenters. The summed E-state index contributed by atoms with van der Waals surface area (Å²) in [4.78, 5) is 4.15. The van der Waals surface area contributed by atoms with Crippen LogP contribution in [0.3, 0.4) is 0 Å². The third-order valence-electron chi connectivity index (χ3n) is 1.46. The third-order valence-corrected chi connectivity index (χ3v) is 2.46. The summed E-state index contributed by atoms with van der Waals surface area (Å²) >= 11 is 3.06. The standard InChI is InChI=1S/C9H9BrFNO3S/c1-6(2)12-7-3-4-9(8(10)5-7)15-16(11,13)14/h3-5H,1-2H3. The monoisotopic (exact) mass is 309 g/mol. The van der Waals surface area contributed by atoms with Crippen LogP contribution in [0.2, 0.25) is 0 Å². The number of aliphatic imine (C=N–C) groups is 1. The summed E-state index contributed by atoms with van der Waals surface area (Å²) in [6.45, 7) is 3.65. The van der Waals surface area contributed by atoms with Crippen molar-refractivity contribution in [3.63, 3.8) is 0 Å². The Balaban J connectivity index is 3.05. The van der Waals surface area contributed by atoms with Crippen LogP contribution in [-0.2, 0) is 10.5 Å². The second-order valence-electron chi connectivity index (χ2n) is 3.15. The lowest BCUT2D eigenvalue weighted by molar-refractivity contribution is 0.439. The van der Waals surface area contributed by atoms with Crippen molar-refractivity contribution in [2.75, 3.05) is 0 Å². The molecule has 88 valence electrons. The summed E-state index contributed by atoms with van der Waals surface area (Å²) in [5.41, 5.74) is 1.47. The minimum absolute atomic E-state index is 0.116. The predicted octanol–water partition coefficient (Wildman–Crippen LogP) is 3.15. The van der Waals surface area contributed by atoms with Gasteiger partial charge in [-0.1, -0.05) is 3.89 Å². The Labute approximate surface area is 102 Å². The van der Waals surface area contributed by atoms with Gasteiger partial charge in [0.2, 0.25) is 0 Å². The summed E-state index contributed by atoms with van der Waals surface area (Å²) < 4.78 is 37.2. The summed E-state index contributed by atoms with van der Waals surface area (Å²) in [5.74, 6) is -0.116. The maximum atomic E-state index is 12.3. The van der Waals surface area contributed by atoms with Gasteiger partial charge >= 0.3 is 10.5 Å². The van der Waals surface area contributed by atoms with E-state index in [1.165, 1.54) is 18.2 Å². The van der Waals surface area contributed by atoms with Crippen molar-refractivity contribution in [1.82, 2.24) is 0 Å². The molecule has 16 heavy (non-hydrogen) atoms. The minimum Gasteiger partial charge on any atom is -0.357 e. The maximum Gasteiger partial charge on any atom is 0.488 e. The van der Waals surface area contributed by atoms with Gasteiger partial charge in [-0.3, -0.25) is 4.99 Å². The van der Waals surface area contributed by atoms with Gasteiger partial charge < -0.3 is 4.18 Å². The first-order valence-corrected chi connectivity index (χ1v) is 6.33. The van der Waals surface area contributed by atoms with Crippen LogP contribution in [0.4, 0.5) is 9.57 Å². The lowest BCUT2D eigenvalue weighted by Gasteiger charge is -2.03. The molecule has 1 aromatic carbocycles. The molecule has 0 aliphatic rings. The van der Waals surface area contributed by atoms with Gasteiger partial charge in [-0.15, -0.1) is 0 Å². The summed E-state index contributed by atoms with van der Waals surface area (Å²) in [5, 5.41) is 0. The molecule has 0 N–H and O–H groups in total. The molecule has 4 nitrogen and oxygen atoms in total. The van der Waals surface area contributed by atoms with E-state index >= 15 is 0 Å². The Kier molecular flexibility index (Phi) is 4.03. The highest BCUT2D eigenvalue weighted by molar-refractivity contribution is 9.10. The van der Waals surface area contributed by atoms with Gasteiger partial charge in [0.25, 0.3) is 0 Å². The van der Waals surface area contributed by atoms with Gasteiger partial charge in [0.05, 0.1) is 10.2 Å². The highest BCUT2D eigenvalue weighted by Crippen LogP contribution is 2.30. The number of rotatable bonds is 3. The van der Waals surface area contributed by atoms with Crippen molar-refractivity contribution in [3.05, 3.63) is 22.7 Å². The molecule has 0 aromatic heterocycles. The highest BCUT2D eigenvalue weighted by atomic mass is 79.9. The van der Waals surface area contributed by atoms with E-state index in [2.05, 4.69) is 25.1 Å². The Morgan fingerprint density at radius 3 is 2.50 bits per heavy atom. The molecule has 0 radical (unpaired) electrons. The molecule has 0 bridgehead atoms. The van der Waals surface area contributed by atoms with Crippen molar-refractivity contribution in [3.8, 4) is 5.75 Å². The van der Waals surface area contributed by atoms with Gasteiger partial charge in [0.1, 0.15) is 0 Å². The number of benzene rings is 1. The summed E-state index contributed by atoms with van der Waals surface area (Å²) in [7, 11) is -5.00. The van der Waals surface area contributed by atoms with E-state index in [9.17, 15) is 12.3 Å². The van der Waals surface area contributed by atoms with Crippen LogP contribution in [0.15, 0.2) is 27.7 Å². The molecule has 0 spiro atoms. The average molecular weight is 310 g/mol. The van der Waals surface area contributed by atoms with Crippen molar-refractivity contribution >= 4 is 37.8 Å². The van der Waals surface area contributed by atoms with Gasteiger partial charge in [0, 0.05) is 5.71 Å². The van der Waals surface area contributed by atoms with Crippen molar-refractivity contribution in [1.29, 1.82) is 0 Å². The number of halogens is 2. The number of nitrogens with zero attached hydrogens (tertiary/aromatic N) is 1. The van der Waals surface area contributed by atoms with Crippen molar-refractivity contribution in [2.24, 2.45) is 4.99 Å². The minimum atomic E-state index is -5.00. The van der Waals surface area contributed by atoms with Crippen LogP contribution in [0.5, 0.6) is 5.75 Å². The fraction of sp³-hybridized carbons (Fsp3) is 0.222. The molecule has 0 aliphatic heterocycles. The fourth-order valence-corrected chi connectivity index (χ4v) is 1.91. The van der Waals surface area contributed by atoms with E-state index in [0.29, 0.717) is 10.2 Å². The normalized spacial score (nSPS) is 11.0. The van der Waals surface area contributed by atoms with Crippen molar-refractivity contribution in [2.45, 2.75) is 13.8 Å². The van der Waals surface area contributed by atoms with Gasteiger partial charge in [-0.05, 0) is 48.0 Å². The van der Waals surface area contributed by atoms with Crippen LogP contribution in [0, 0.1) is 0 Å². The van der Waals surface area contributed by atoms with E-state index in [4.69, 9.17) is 0 Å².